The minimum absolute atomic E-state index is 0.220. The number of benzene rings is 1. The molecule has 2 heterocycles. The van der Waals surface area contributed by atoms with E-state index in [-0.39, 0.29) is 17.5 Å². The van der Waals surface area contributed by atoms with E-state index in [0.717, 1.165) is 36.2 Å². The van der Waals surface area contributed by atoms with Crippen molar-refractivity contribution in [3.8, 4) is 5.75 Å². The zero-order chi connectivity index (χ0) is 18.8. The summed E-state index contributed by atoms with van der Waals surface area (Å²) in [4.78, 5) is 0. The molecule has 3 rings (SSSR count). The second-order valence-electron chi connectivity index (χ2n) is 8.03. The van der Waals surface area contributed by atoms with Gasteiger partial charge in [0.05, 0.1) is 31.0 Å². The topological polar surface area (TPSA) is 46.2 Å². The van der Waals surface area contributed by atoms with Gasteiger partial charge in [-0.15, -0.1) is 0 Å². The number of ether oxygens (including phenoxy) is 3. The maximum Gasteiger partial charge on any atom is 0.495 e. The first-order valence-corrected chi connectivity index (χ1v) is 9.67. The molecule has 1 aromatic rings. The summed E-state index contributed by atoms with van der Waals surface area (Å²) >= 11 is 0. The molecule has 0 saturated carbocycles. The fraction of sp³-hybridized carbons (Fsp3) is 0.700. The maximum atomic E-state index is 6.25. The number of unbranched alkanes of at least 4 members (excludes halogenated alkanes) is 1. The molecule has 2 saturated heterocycles. The van der Waals surface area contributed by atoms with Gasteiger partial charge in [0.2, 0.25) is 0 Å². The highest BCUT2D eigenvalue weighted by Gasteiger charge is 2.52. The molecule has 26 heavy (non-hydrogen) atoms. The minimum Gasteiger partial charge on any atom is -0.494 e. The molecular formula is C20H31BO5. The van der Waals surface area contributed by atoms with Crippen molar-refractivity contribution in [2.45, 2.75) is 71.4 Å². The van der Waals surface area contributed by atoms with Crippen LogP contribution in [-0.4, -0.2) is 44.4 Å². The van der Waals surface area contributed by atoms with Crippen LogP contribution in [0.1, 0.15) is 53.0 Å². The molecule has 0 aromatic heterocycles. The highest BCUT2D eigenvalue weighted by Crippen LogP contribution is 2.37. The molecule has 2 aliphatic heterocycles. The Labute approximate surface area is 157 Å². The summed E-state index contributed by atoms with van der Waals surface area (Å²) in [5.41, 5.74) is 1.37. The lowest BCUT2D eigenvalue weighted by Gasteiger charge is -2.32. The van der Waals surface area contributed by atoms with Crippen LogP contribution >= 0.6 is 0 Å². The van der Waals surface area contributed by atoms with E-state index in [1.165, 1.54) is 0 Å². The van der Waals surface area contributed by atoms with Gasteiger partial charge in [-0.25, -0.2) is 0 Å². The van der Waals surface area contributed by atoms with E-state index >= 15 is 0 Å². The normalized spacial score (nSPS) is 22.1. The molecule has 1 aromatic carbocycles. The van der Waals surface area contributed by atoms with Gasteiger partial charge in [0.1, 0.15) is 5.75 Å². The Morgan fingerprint density at radius 1 is 1.08 bits per heavy atom. The van der Waals surface area contributed by atoms with E-state index in [1.807, 2.05) is 12.1 Å². The van der Waals surface area contributed by atoms with Crippen molar-refractivity contribution >= 4 is 12.6 Å². The van der Waals surface area contributed by atoms with Gasteiger partial charge in [0.15, 0.2) is 6.29 Å². The van der Waals surface area contributed by atoms with Crippen LogP contribution in [0.2, 0.25) is 0 Å². The molecule has 6 heteroatoms. The predicted molar refractivity (Wildman–Crippen MR) is 102 cm³/mol. The molecule has 0 bridgehead atoms. The lowest BCUT2D eigenvalue weighted by atomic mass is 9.75. The van der Waals surface area contributed by atoms with E-state index in [2.05, 4.69) is 40.7 Å². The van der Waals surface area contributed by atoms with Crippen molar-refractivity contribution in [3.63, 3.8) is 0 Å². The van der Waals surface area contributed by atoms with Gasteiger partial charge in [-0.3, -0.25) is 0 Å². The monoisotopic (exact) mass is 362 g/mol. The van der Waals surface area contributed by atoms with E-state index in [0.29, 0.717) is 19.6 Å². The first-order chi connectivity index (χ1) is 12.3. The van der Waals surface area contributed by atoms with Crippen LogP contribution in [0.4, 0.5) is 0 Å². The summed E-state index contributed by atoms with van der Waals surface area (Å²) in [6, 6.07) is 6.12. The molecule has 144 valence electrons. The third-order valence-corrected chi connectivity index (χ3v) is 5.47. The number of rotatable bonds is 7. The summed E-state index contributed by atoms with van der Waals surface area (Å²) in [5.74, 6) is 0.867. The Kier molecular flexibility index (Phi) is 5.97. The highest BCUT2D eigenvalue weighted by atomic mass is 16.7. The minimum atomic E-state index is -0.402. The third-order valence-electron chi connectivity index (χ3n) is 5.47. The van der Waals surface area contributed by atoms with Gasteiger partial charge < -0.3 is 23.5 Å². The smallest absolute Gasteiger partial charge is 0.494 e. The second-order valence-corrected chi connectivity index (χ2v) is 8.03. The van der Waals surface area contributed by atoms with Crippen molar-refractivity contribution in [2.24, 2.45) is 0 Å². The summed E-state index contributed by atoms with van der Waals surface area (Å²) in [6.45, 7) is 12.4. The van der Waals surface area contributed by atoms with Crippen molar-refractivity contribution < 1.29 is 23.5 Å². The van der Waals surface area contributed by atoms with Gasteiger partial charge in [-0.2, -0.15) is 0 Å². The van der Waals surface area contributed by atoms with Crippen LogP contribution in [0.3, 0.4) is 0 Å². The van der Waals surface area contributed by atoms with E-state index in [9.17, 15) is 0 Å². The van der Waals surface area contributed by atoms with Crippen LogP contribution in [0.5, 0.6) is 5.75 Å². The molecule has 0 radical (unpaired) electrons. The molecule has 5 nitrogen and oxygen atoms in total. The molecule has 0 N–H and O–H groups in total. The van der Waals surface area contributed by atoms with Crippen LogP contribution in [0.15, 0.2) is 18.2 Å². The van der Waals surface area contributed by atoms with Crippen LogP contribution in [-0.2, 0) is 25.2 Å². The molecule has 0 atom stereocenters. The standard InChI is InChI=1S/C20H31BO5/c1-6-7-10-22-16-8-9-17(15(13-16)14-18-23-11-12-24-18)21-25-19(2,3)20(4,5)26-21/h8-9,13,18H,6-7,10-12,14H2,1-5H3. The van der Waals surface area contributed by atoms with Gasteiger partial charge in [0, 0.05) is 6.42 Å². The van der Waals surface area contributed by atoms with Gasteiger partial charge in [-0.1, -0.05) is 19.4 Å². The first kappa shape index (κ1) is 19.7. The maximum absolute atomic E-state index is 6.25. The summed E-state index contributed by atoms with van der Waals surface area (Å²) in [5, 5.41) is 0. The Balaban J connectivity index is 1.83. The predicted octanol–water partition coefficient (Wildman–Crippen LogP) is 3.08. The lowest BCUT2D eigenvalue weighted by molar-refractivity contribution is -0.0398. The Morgan fingerprint density at radius 3 is 2.35 bits per heavy atom. The van der Waals surface area contributed by atoms with E-state index in [1.54, 1.807) is 0 Å². The molecule has 2 fully saturated rings. The van der Waals surface area contributed by atoms with E-state index < -0.39 is 7.12 Å². The zero-order valence-corrected chi connectivity index (χ0v) is 16.7. The first-order valence-electron chi connectivity index (χ1n) is 9.67. The van der Waals surface area contributed by atoms with Gasteiger partial charge >= 0.3 is 7.12 Å². The fourth-order valence-corrected chi connectivity index (χ4v) is 3.09. The third kappa shape index (κ3) is 4.25. The van der Waals surface area contributed by atoms with Crippen molar-refractivity contribution in [3.05, 3.63) is 23.8 Å². The quantitative estimate of drug-likeness (QED) is 0.551. The van der Waals surface area contributed by atoms with Crippen LogP contribution in [0, 0.1) is 0 Å². The van der Waals surface area contributed by atoms with E-state index in [4.69, 9.17) is 23.5 Å². The summed E-state index contributed by atoms with van der Waals surface area (Å²) < 4.78 is 29.7. The van der Waals surface area contributed by atoms with Crippen molar-refractivity contribution in [1.82, 2.24) is 0 Å². The van der Waals surface area contributed by atoms with Crippen molar-refractivity contribution in [2.75, 3.05) is 19.8 Å². The highest BCUT2D eigenvalue weighted by molar-refractivity contribution is 6.62. The molecule has 0 amide bonds. The van der Waals surface area contributed by atoms with Crippen LogP contribution < -0.4 is 10.2 Å². The molecular weight excluding hydrogens is 331 g/mol. The van der Waals surface area contributed by atoms with Crippen LogP contribution in [0.25, 0.3) is 0 Å². The molecule has 0 unspecified atom stereocenters. The number of hydrogen-bond acceptors (Lipinski definition) is 5. The fourth-order valence-electron chi connectivity index (χ4n) is 3.09. The Hall–Kier alpha value is -1.08. The van der Waals surface area contributed by atoms with Gasteiger partial charge in [-0.05, 0) is 57.3 Å². The summed E-state index contributed by atoms with van der Waals surface area (Å²) in [7, 11) is -0.402. The molecule has 0 aliphatic carbocycles. The van der Waals surface area contributed by atoms with Crippen molar-refractivity contribution in [1.29, 1.82) is 0 Å². The lowest BCUT2D eigenvalue weighted by Crippen LogP contribution is -2.41. The Bertz CT molecular complexity index is 594. The largest absolute Gasteiger partial charge is 0.495 e. The molecule has 0 spiro atoms. The summed E-state index contributed by atoms with van der Waals surface area (Å²) in [6.07, 6.45) is 2.60. The van der Waals surface area contributed by atoms with Gasteiger partial charge in [0.25, 0.3) is 0 Å². The average Bonchev–Trinajstić information content (AvgIpc) is 3.14. The SMILES string of the molecule is CCCCOc1ccc(B2OC(C)(C)C(C)(C)O2)c(CC2OCCO2)c1. The Morgan fingerprint density at radius 2 is 1.73 bits per heavy atom. The molecule has 2 aliphatic rings. The zero-order valence-electron chi connectivity index (χ0n) is 16.7. The second kappa shape index (κ2) is 7.89. The average molecular weight is 362 g/mol. The number of hydrogen-bond donors (Lipinski definition) is 0.